The van der Waals surface area contributed by atoms with Crippen LogP contribution in [0.2, 0.25) is 0 Å². The van der Waals surface area contributed by atoms with Crippen molar-refractivity contribution < 1.29 is 0 Å². The molecule has 0 bridgehead atoms. The second-order valence-corrected chi connectivity index (χ2v) is 6.82. The Morgan fingerprint density at radius 3 is 2.63 bits per heavy atom. The largest absolute Gasteiger partial charge is 0.311 e. The van der Waals surface area contributed by atoms with E-state index in [9.17, 15) is 0 Å². The maximum Gasteiger partial charge on any atom is 0.0278 e. The van der Waals surface area contributed by atoms with Gasteiger partial charge < -0.3 is 5.32 Å². The predicted molar refractivity (Wildman–Crippen MR) is 80.3 cm³/mol. The van der Waals surface area contributed by atoms with Crippen LogP contribution >= 0.6 is 0 Å². The van der Waals surface area contributed by atoms with Crippen molar-refractivity contribution in [2.45, 2.75) is 44.7 Å². The number of benzene rings is 1. The summed E-state index contributed by atoms with van der Waals surface area (Å²) in [5.74, 6) is 0.954. The summed E-state index contributed by atoms with van der Waals surface area (Å²) < 4.78 is 0. The number of nitrogens with one attached hydrogen (secondary N) is 1. The molecule has 1 aromatic carbocycles. The quantitative estimate of drug-likeness (QED) is 0.893. The fraction of sp³-hybridized carbons (Fsp3) is 0.647. The van der Waals surface area contributed by atoms with Crippen molar-refractivity contribution in [2.75, 3.05) is 19.6 Å². The standard InChI is InChI=1S/C17H26N2/c1-17(2)13-18-16(15-8-9-15)12-19(17)11-10-14-6-4-3-5-7-14/h3-7,15-16,18H,8-13H2,1-2H3. The van der Waals surface area contributed by atoms with Crippen molar-refractivity contribution in [1.82, 2.24) is 10.2 Å². The summed E-state index contributed by atoms with van der Waals surface area (Å²) in [6.45, 7) is 8.28. The summed E-state index contributed by atoms with van der Waals surface area (Å²) in [5.41, 5.74) is 1.75. The lowest BCUT2D eigenvalue weighted by molar-refractivity contribution is 0.0619. The van der Waals surface area contributed by atoms with Crippen LogP contribution in [0.1, 0.15) is 32.3 Å². The highest BCUT2D eigenvalue weighted by Crippen LogP contribution is 2.35. The van der Waals surface area contributed by atoms with Crippen molar-refractivity contribution in [3.8, 4) is 0 Å². The second-order valence-electron chi connectivity index (χ2n) is 6.82. The third kappa shape index (κ3) is 3.18. The van der Waals surface area contributed by atoms with Crippen LogP contribution in [0.25, 0.3) is 0 Å². The van der Waals surface area contributed by atoms with Crippen molar-refractivity contribution >= 4 is 0 Å². The van der Waals surface area contributed by atoms with Gasteiger partial charge in [0.05, 0.1) is 0 Å². The first-order valence-electron chi connectivity index (χ1n) is 7.67. The molecule has 2 heteroatoms. The van der Waals surface area contributed by atoms with Crippen molar-refractivity contribution in [3.63, 3.8) is 0 Å². The molecule has 1 heterocycles. The molecule has 1 unspecified atom stereocenters. The number of rotatable bonds is 4. The van der Waals surface area contributed by atoms with Crippen LogP contribution in [0.15, 0.2) is 30.3 Å². The summed E-state index contributed by atoms with van der Waals surface area (Å²) in [6, 6.07) is 11.6. The van der Waals surface area contributed by atoms with Gasteiger partial charge in [-0.3, -0.25) is 4.90 Å². The summed E-state index contributed by atoms with van der Waals surface area (Å²) in [6.07, 6.45) is 4.04. The first-order valence-corrected chi connectivity index (χ1v) is 7.67. The topological polar surface area (TPSA) is 15.3 Å². The molecular weight excluding hydrogens is 232 g/mol. The highest BCUT2D eigenvalue weighted by molar-refractivity contribution is 5.15. The molecule has 3 rings (SSSR count). The Morgan fingerprint density at radius 1 is 1.21 bits per heavy atom. The fourth-order valence-electron chi connectivity index (χ4n) is 3.16. The van der Waals surface area contributed by atoms with Crippen molar-refractivity contribution in [2.24, 2.45) is 5.92 Å². The van der Waals surface area contributed by atoms with Crippen LogP contribution < -0.4 is 5.32 Å². The lowest BCUT2D eigenvalue weighted by atomic mass is 9.95. The molecule has 1 saturated carbocycles. The first kappa shape index (κ1) is 13.1. The van der Waals surface area contributed by atoms with Gasteiger partial charge in [-0.1, -0.05) is 30.3 Å². The van der Waals surface area contributed by atoms with Gasteiger partial charge in [-0.25, -0.2) is 0 Å². The van der Waals surface area contributed by atoms with Gasteiger partial charge in [-0.2, -0.15) is 0 Å². The van der Waals surface area contributed by atoms with E-state index in [2.05, 4.69) is 54.4 Å². The minimum Gasteiger partial charge on any atom is -0.311 e. The maximum absolute atomic E-state index is 3.76. The van der Waals surface area contributed by atoms with Gasteiger partial charge in [0.15, 0.2) is 0 Å². The number of piperazine rings is 1. The van der Waals surface area contributed by atoms with E-state index in [0.29, 0.717) is 5.54 Å². The van der Waals surface area contributed by atoms with Crippen molar-refractivity contribution in [3.05, 3.63) is 35.9 Å². The van der Waals surface area contributed by atoms with Crippen LogP contribution in [0.5, 0.6) is 0 Å². The van der Waals surface area contributed by atoms with E-state index in [1.54, 1.807) is 0 Å². The minimum atomic E-state index is 0.292. The minimum absolute atomic E-state index is 0.292. The lowest BCUT2D eigenvalue weighted by Gasteiger charge is -2.46. The SMILES string of the molecule is CC1(C)CNC(C2CC2)CN1CCc1ccccc1. The summed E-state index contributed by atoms with van der Waals surface area (Å²) in [4.78, 5) is 2.69. The molecule has 104 valence electrons. The average molecular weight is 258 g/mol. The Labute approximate surface area is 117 Å². The normalized spacial score (nSPS) is 27.4. The Kier molecular flexibility index (Phi) is 3.64. The van der Waals surface area contributed by atoms with E-state index in [-0.39, 0.29) is 0 Å². The molecule has 1 atom stereocenters. The van der Waals surface area contributed by atoms with Crippen LogP contribution in [0, 0.1) is 5.92 Å². The summed E-state index contributed by atoms with van der Waals surface area (Å²) >= 11 is 0. The average Bonchev–Trinajstić information content (AvgIpc) is 3.23. The highest BCUT2D eigenvalue weighted by atomic mass is 15.3. The summed E-state index contributed by atoms with van der Waals surface area (Å²) in [5, 5.41) is 3.76. The molecule has 0 radical (unpaired) electrons. The molecule has 1 aliphatic carbocycles. The molecule has 1 aromatic rings. The molecule has 1 aliphatic heterocycles. The van der Waals surface area contributed by atoms with E-state index in [1.807, 2.05) is 0 Å². The highest BCUT2D eigenvalue weighted by Gasteiger charge is 2.39. The zero-order chi connectivity index (χ0) is 13.3. The maximum atomic E-state index is 3.76. The number of hydrogen-bond donors (Lipinski definition) is 1. The molecule has 1 N–H and O–H groups in total. The number of nitrogens with zero attached hydrogens (tertiary/aromatic N) is 1. The van der Waals surface area contributed by atoms with Gasteiger partial charge in [0.25, 0.3) is 0 Å². The van der Waals surface area contributed by atoms with E-state index >= 15 is 0 Å². The van der Waals surface area contributed by atoms with E-state index in [4.69, 9.17) is 0 Å². The van der Waals surface area contributed by atoms with Gasteiger partial charge in [0, 0.05) is 31.2 Å². The Morgan fingerprint density at radius 2 is 1.95 bits per heavy atom. The zero-order valence-corrected chi connectivity index (χ0v) is 12.2. The smallest absolute Gasteiger partial charge is 0.0278 e. The van der Waals surface area contributed by atoms with Gasteiger partial charge in [0.2, 0.25) is 0 Å². The molecule has 0 aromatic heterocycles. The Balaban J connectivity index is 1.60. The third-order valence-electron chi connectivity index (χ3n) is 4.77. The monoisotopic (exact) mass is 258 g/mol. The molecule has 0 amide bonds. The first-order chi connectivity index (χ1) is 9.15. The van der Waals surface area contributed by atoms with Crippen LogP contribution in [0.3, 0.4) is 0 Å². The molecule has 2 aliphatic rings. The lowest BCUT2D eigenvalue weighted by Crippen LogP contribution is -2.62. The van der Waals surface area contributed by atoms with Crippen LogP contribution in [0.4, 0.5) is 0 Å². The van der Waals surface area contributed by atoms with Gasteiger partial charge in [0.1, 0.15) is 0 Å². The van der Waals surface area contributed by atoms with Crippen molar-refractivity contribution in [1.29, 1.82) is 0 Å². The molecule has 0 spiro atoms. The predicted octanol–water partition coefficient (Wildman–Crippen LogP) is 2.69. The van der Waals surface area contributed by atoms with E-state index in [0.717, 1.165) is 18.5 Å². The van der Waals surface area contributed by atoms with Gasteiger partial charge in [-0.15, -0.1) is 0 Å². The van der Waals surface area contributed by atoms with Crippen LogP contribution in [-0.4, -0.2) is 36.1 Å². The Bertz CT molecular complexity index is 409. The molecule has 1 saturated heterocycles. The zero-order valence-electron chi connectivity index (χ0n) is 12.2. The molecular formula is C17H26N2. The second kappa shape index (κ2) is 5.26. The molecule has 19 heavy (non-hydrogen) atoms. The fourth-order valence-corrected chi connectivity index (χ4v) is 3.16. The van der Waals surface area contributed by atoms with E-state index in [1.165, 1.54) is 37.9 Å². The van der Waals surface area contributed by atoms with Gasteiger partial charge >= 0.3 is 0 Å². The molecule has 2 fully saturated rings. The van der Waals surface area contributed by atoms with Crippen LogP contribution in [-0.2, 0) is 6.42 Å². The summed E-state index contributed by atoms with van der Waals surface area (Å²) in [7, 11) is 0. The van der Waals surface area contributed by atoms with Gasteiger partial charge in [-0.05, 0) is 44.6 Å². The third-order valence-corrected chi connectivity index (χ3v) is 4.77. The number of hydrogen-bond acceptors (Lipinski definition) is 2. The Hall–Kier alpha value is -0.860. The van der Waals surface area contributed by atoms with E-state index < -0.39 is 0 Å². The molecule has 2 nitrogen and oxygen atoms in total.